The smallest absolute Gasteiger partial charge is 0.291 e. The highest BCUT2D eigenvalue weighted by atomic mass is 28.3. The number of ether oxygens (including phenoxy) is 2. The van der Waals surface area contributed by atoms with Crippen molar-refractivity contribution in [3.05, 3.63) is 52.0 Å². The Hall–Kier alpha value is -3.57. The Kier molecular flexibility index (Phi) is 7.22. The lowest BCUT2D eigenvalue weighted by Gasteiger charge is -2.18. The van der Waals surface area contributed by atoms with E-state index in [1.165, 1.54) is 18.4 Å². The summed E-state index contributed by atoms with van der Waals surface area (Å²) in [6.45, 7) is 10.7. The molecule has 0 bridgehead atoms. The number of hydrogen-bond donors (Lipinski definition) is 3. The molecule has 10 nitrogen and oxygen atoms in total. The molecule has 1 unspecified atom stereocenters. The van der Waals surface area contributed by atoms with Crippen LogP contribution in [0.15, 0.2) is 39.5 Å². The van der Waals surface area contributed by atoms with Crippen LogP contribution in [0.4, 0.5) is 11.6 Å². The molecule has 192 valence electrons. The number of aromatic nitrogens is 2. The number of amides is 1. The zero-order valence-electron chi connectivity index (χ0n) is 21.3. The molecule has 1 saturated heterocycles. The van der Waals surface area contributed by atoms with Crippen molar-refractivity contribution in [3.8, 4) is 17.6 Å². The Labute approximate surface area is 210 Å². The van der Waals surface area contributed by atoms with Gasteiger partial charge in [0, 0.05) is 19.2 Å². The van der Waals surface area contributed by atoms with Crippen LogP contribution in [0.5, 0.6) is 17.6 Å². The molecule has 1 aliphatic heterocycles. The summed E-state index contributed by atoms with van der Waals surface area (Å²) in [5, 5.41) is 3.80. The van der Waals surface area contributed by atoms with Gasteiger partial charge in [-0.15, -0.1) is 0 Å². The van der Waals surface area contributed by atoms with E-state index in [0.29, 0.717) is 30.7 Å². The second kappa shape index (κ2) is 10.2. The average Bonchev–Trinajstić information content (AvgIpc) is 3.50. The highest BCUT2D eigenvalue weighted by Gasteiger charge is 2.26. The van der Waals surface area contributed by atoms with Crippen molar-refractivity contribution in [2.24, 2.45) is 11.7 Å². The summed E-state index contributed by atoms with van der Waals surface area (Å²) in [6, 6.07) is 9.23. The summed E-state index contributed by atoms with van der Waals surface area (Å²) in [5.74, 6) is 0.954. The van der Waals surface area contributed by atoms with Crippen molar-refractivity contribution in [1.29, 1.82) is 0 Å². The van der Waals surface area contributed by atoms with E-state index in [9.17, 15) is 9.59 Å². The Balaban J connectivity index is 1.50. The number of carbonyl (C=O) groups is 1. The minimum atomic E-state index is -1.53. The molecule has 0 saturated carbocycles. The molecule has 1 aromatic carbocycles. The maximum atomic E-state index is 12.9. The van der Waals surface area contributed by atoms with Gasteiger partial charge in [0.15, 0.2) is 11.4 Å². The number of methoxy groups -OCH3 is 1. The number of aryl methyl sites for hydroxylation is 1. The molecule has 4 N–H and O–H groups in total. The third kappa shape index (κ3) is 5.47. The van der Waals surface area contributed by atoms with Crippen molar-refractivity contribution in [1.82, 2.24) is 9.97 Å². The molecule has 0 radical (unpaired) electrons. The van der Waals surface area contributed by atoms with Crippen LogP contribution in [0.25, 0.3) is 0 Å². The van der Waals surface area contributed by atoms with E-state index in [1.54, 1.807) is 6.07 Å². The summed E-state index contributed by atoms with van der Waals surface area (Å²) in [5.41, 5.74) is 6.10. The molecule has 4 rings (SSSR count). The number of hydrogen-bond acceptors (Lipinski definition) is 8. The molecule has 0 aliphatic carbocycles. The van der Waals surface area contributed by atoms with E-state index in [2.05, 4.69) is 41.0 Å². The van der Waals surface area contributed by atoms with Crippen LogP contribution in [0, 0.1) is 12.8 Å². The second-order valence-corrected chi connectivity index (χ2v) is 15.1. The first-order valence-electron chi connectivity index (χ1n) is 11.9. The van der Waals surface area contributed by atoms with E-state index in [0.717, 1.165) is 18.5 Å². The normalized spacial score (nSPS) is 15.7. The fourth-order valence-electron chi connectivity index (χ4n) is 4.02. The number of aromatic amines is 1. The molecule has 36 heavy (non-hydrogen) atoms. The molecule has 1 fully saturated rings. The largest absolute Gasteiger partial charge is 0.479 e. The van der Waals surface area contributed by atoms with Crippen LogP contribution >= 0.6 is 0 Å². The minimum absolute atomic E-state index is 0.0140. The maximum Gasteiger partial charge on any atom is 0.291 e. The fourth-order valence-corrected chi connectivity index (χ4v) is 5.17. The maximum absolute atomic E-state index is 12.9. The number of benzene rings is 1. The Morgan fingerprint density at radius 3 is 2.75 bits per heavy atom. The first-order chi connectivity index (χ1) is 17.1. The predicted molar refractivity (Wildman–Crippen MR) is 142 cm³/mol. The third-order valence-electron chi connectivity index (χ3n) is 6.29. The number of furan rings is 1. The Bertz CT molecular complexity index is 1310. The highest BCUT2D eigenvalue weighted by Crippen LogP contribution is 2.28. The summed E-state index contributed by atoms with van der Waals surface area (Å²) in [6.07, 6.45) is 0.922. The summed E-state index contributed by atoms with van der Waals surface area (Å²) in [4.78, 5) is 34.7. The first kappa shape index (κ1) is 25.5. The van der Waals surface area contributed by atoms with Crippen LogP contribution in [0.1, 0.15) is 22.5 Å². The topological polar surface area (TPSA) is 136 Å². The van der Waals surface area contributed by atoms with Gasteiger partial charge in [0.1, 0.15) is 5.75 Å². The van der Waals surface area contributed by atoms with Crippen molar-refractivity contribution < 1.29 is 18.7 Å². The second-order valence-electron chi connectivity index (χ2n) is 10.0. The molecular weight excluding hydrogens is 478 g/mol. The zero-order chi connectivity index (χ0) is 26.0. The van der Waals surface area contributed by atoms with Crippen LogP contribution < -0.4 is 36.2 Å². The van der Waals surface area contributed by atoms with E-state index in [4.69, 9.17) is 19.6 Å². The van der Waals surface area contributed by atoms with E-state index >= 15 is 0 Å². The Morgan fingerprint density at radius 1 is 1.31 bits per heavy atom. The number of rotatable bonds is 8. The molecule has 1 atom stereocenters. The molecule has 11 heteroatoms. The average molecular weight is 512 g/mol. The monoisotopic (exact) mass is 511 g/mol. The quantitative estimate of drug-likeness (QED) is 0.393. The van der Waals surface area contributed by atoms with Gasteiger partial charge in [-0.1, -0.05) is 37.0 Å². The van der Waals surface area contributed by atoms with Crippen molar-refractivity contribution >= 4 is 30.8 Å². The minimum Gasteiger partial charge on any atom is -0.479 e. The number of carbonyl (C=O) groups excluding carboxylic acids is 1. The highest BCUT2D eigenvalue weighted by molar-refractivity contribution is 6.88. The number of nitrogens with zero attached hydrogens (tertiary/aromatic N) is 2. The fraction of sp³-hybridized carbons (Fsp3) is 0.400. The third-order valence-corrected chi connectivity index (χ3v) is 8.34. The molecule has 1 amide bonds. The van der Waals surface area contributed by atoms with Gasteiger partial charge >= 0.3 is 0 Å². The standard InChI is InChI=1S/C25H33N5O5Si/c1-15-6-7-17(36(3,4)5)12-19(15)35-20-9-8-18(34-20)22(31)27-21-23(32)28-25(29-24(21)33-2)30-11-10-16(13-26)14-30/h6-9,12,16H,10-11,13-14,26H2,1-5H3,(H,27,31)(H,28,29,32). The number of H-pyrrole nitrogens is 1. The first-order valence-corrected chi connectivity index (χ1v) is 15.4. The van der Waals surface area contributed by atoms with Crippen LogP contribution in [-0.2, 0) is 0 Å². The molecule has 2 aromatic heterocycles. The van der Waals surface area contributed by atoms with Crippen molar-refractivity contribution in [3.63, 3.8) is 0 Å². The zero-order valence-corrected chi connectivity index (χ0v) is 22.3. The van der Waals surface area contributed by atoms with Gasteiger partial charge in [0.25, 0.3) is 17.4 Å². The predicted octanol–water partition coefficient (Wildman–Crippen LogP) is 3.05. The molecule has 0 spiro atoms. The van der Waals surface area contributed by atoms with Gasteiger partial charge in [-0.05, 0) is 43.5 Å². The van der Waals surface area contributed by atoms with Gasteiger partial charge in [-0.3, -0.25) is 14.6 Å². The van der Waals surface area contributed by atoms with Crippen molar-refractivity contribution in [2.75, 3.05) is 37.0 Å². The number of nitrogens with two attached hydrogens (primary N) is 1. The van der Waals surface area contributed by atoms with Crippen molar-refractivity contribution in [2.45, 2.75) is 33.0 Å². The lowest BCUT2D eigenvalue weighted by molar-refractivity contribution is 0.0991. The van der Waals surface area contributed by atoms with E-state index in [-0.39, 0.29) is 23.3 Å². The molecule has 1 aliphatic rings. The SMILES string of the molecule is COc1nc(N2CCC(CN)C2)[nH]c(=O)c1NC(=O)c1ccc(Oc2cc([Si](C)(C)C)ccc2C)o1. The Morgan fingerprint density at radius 2 is 2.08 bits per heavy atom. The summed E-state index contributed by atoms with van der Waals surface area (Å²) in [7, 11) is -0.135. The number of anilines is 2. The van der Waals surface area contributed by atoms with E-state index in [1.807, 2.05) is 24.0 Å². The van der Waals surface area contributed by atoms with Gasteiger partial charge in [-0.2, -0.15) is 4.98 Å². The lowest BCUT2D eigenvalue weighted by Crippen LogP contribution is -2.37. The van der Waals surface area contributed by atoms with E-state index < -0.39 is 19.5 Å². The van der Waals surface area contributed by atoms with Gasteiger partial charge in [0.2, 0.25) is 11.8 Å². The van der Waals surface area contributed by atoms with Gasteiger partial charge < -0.3 is 29.8 Å². The molecular formula is C25H33N5O5Si. The van der Waals surface area contributed by atoms with Crippen LogP contribution in [0.2, 0.25) is 19.6 Å². The summed E-state index contributed by atoms with van der Waals surface area (Å²) >= 11 is 0. The van der Waals surface area contributed by atoms with Gasteiger partial charge in [0.05, 0.1) is 15.2 Å². The van der Waals surface area contributed by atoms with Crippen LogP contribution in [0.3, 0.4) is 0 Å². The van der Waals surface area contributed by atoms with Gasteiger partial charge in [-0.25, -0.2) is 0 Å². The lowest BCUT2D eigenvalue weighted by atomic mass is 10.1. The number of nitrogens with one attached hydrogen (secondary N) is 2. The molecule has 3 heterocycles. The van der Waals surface area contributed by atoms with Crippen LogP contribution in [-0.4, -0.2) is 50.7 Å². The molecule has 3 aromatic rings. The summed E-state index contributed by atoms with van der Waals surface area (Å²) < 4.78 is 16.9.